The maximum atomic E-state index is 10.4. The Morgan fingerprint density at radius 2 is 1.32 bits per heavy atom. The number of rotatable bonds is 2. The maximum absolute atomic E-state index is 10.4. The molecule has 0 unspecified atom stereocenters. The Labute approximate surface area is 135 Å². The summed E-state index contributed by atoms with van der Waals surface area (Å²) < 4.78 is 0. The van der Waals surface area contributed by atoms with E-state index in [0.717, 1.165) is 5.56 Å². The molecule has 0 atom stereocenters. The molecule has 0 bridgehead atoms. The normalized spacial score (nSPS) is 14.4. The van der Waals surface area contributed by atoms with Crippen molar-refractivity contribution in [3.05, 3.63) is 53.6 Å². The zero-order chi connectivity index (χ0) is 16.5. The summed E-state index contributed by atoms with van der Waals surface area (Å²) >= 11 is 0. The Hall–Kier alpha value is -1.76. The van der Waals surface area contributed by atoms with E-state index in [-0.39, 0.29) is 5.41 Å². The highest BCUT2D eigenvalue weighted by atomic mass is 16.3. The summed E-state index contributed by atoms with van der Waals surface area (Å²) in [6, 6.07) is 14.5. The molecular formula is C21H28O. The van der Waals surface area contributed by atoms with Crippen LogP contribution in [0, 0.1) is 11.8 Å². The number of hydrogen-bond donors (Lipinski definition) is 1. The van der Waals surface area contributed by atoms with Gasteiger partial charge in [0.1, 0.15) is 5.75 Å². The molecule has 3 rings (SSSR count). The van der Waals surface area contributed by atoms with Gasteiger partial charge in [-0.25, -0.2) is 0 Å². The van der Waals surface area contributed by atoms with Crippen molar-refractivity contribution in [3.8, 4) is 16.9 Å². The fourth-order valence-electron chi connectivity index (χ4n) is 4.29. The van der Waals surface area contributed by atoms with E-state index in [2.05, 4.69) is 58.0 Å². The summed E-state index contributed by atoms with van der Waals surface area (Å²) in [6.45, 7) is 13.2. The molecule has 0 spiro atoms. The van der Waals surface area contributed by atoms with E-state index >= 15 is 0 Å². The second-order valence-electron chi connectivity index (χ2n) is 6.42. The van der Waals surface area contributed by atoms with Crippen molar-refractivity contribution in [2.45, 2.75) is 47.0 Å². The van der Waals surface area contributed by atoms with Crippen molar-refractivity contribution in [2.24, 2.45) is 11.8 Å². The molecule has 0 aliphatic heterocycles. The molecule has 22 heavy (non-hydrogen) atoms. The van der Waals surface area contributed by atoms with Crippen LogP contribution in [0.25, 0.3) is 11.1 Å². The van der Waals surface area contributed by atoms with Crippen LogP contribution in [-0.2, 0) is 5.41 Å². The second kappa shape index (κ2) is 6.16. The molecule has 0 radical (unpaired) electrons. The Morgan fingerprint density at radius 1 is 0.773 bits per heavy atom. The van der Waals surface area contributed by atoms with E-state index < -0.39 is 0 Å². The molecular weight excluding hydrogens is 268 g/mol. The Balaban J connectivity index is 0.000000847. The Bertz CT molecular complexity index is 645. The van der Waals surface area contributed by atoms with Gasteiger partial charge in [0.25, 0.3) is 0 Å². The van der Waals surface area contributed by atoms with Gasteiger partial charge in [-0.15, -0.1) is 0 Å². The number of phenolic OH excluding ortho intramolecular Hbond substituents is 1. The van der Waals surface area contributed by atoms with Crippen LogP contribution < -0.4 is 0 Å². The zero-order valence-electron chi connectivity index (χ0n) is 14.6. The highest BCUT2D eigenvalue weighted by molar-refractivity contribution is 5.85. The fourth-order valence-corrected chi connectivity index (χ4v) is 4.29. The van der Waals surface area contributed by atoms with Crippen LogP contribution in [-0.4, -0.2) is 5.11 Å². The van der Waals surface area contributed by atoms with Crippen LogP contribution in [0.4, 0.5) is 0 Å². The first-order valence-corrected chi connectivity index (χ1v) is 8.43. The van der Waals surface area contributed by atoms with Crippen LogP contribution in [0.3, 0.4) is 0 Å². The molecule has 0 fully saturated rings. The summed E-state index contributed by atoms with van der Waals surface area (Å²) in [5, 5.41) is 10.4. The molecule has 0 aromatic heterocycles. The summed E-state index contributed by atoms with van der Waals surface area (Å²) in [7, 11) is 0. The Morgan fingerprint density at radius 3 is 1.91 bits per heavy atom. The smallest absolute Gasteiger partial charge is 0.123 e. The van der Waals surface area contributed by atoms with Gasteiger partial charge in [0.05, 0.1) is 0 Å². The van der Waals surface area contributed by atoms with Gasteiger partial charge in [-0.2, -0.15) is 0 Å². The van der Waals surface area contributed by atoms with Crippen LogP contribution in [0.1, 0.15) is 52.7 Å². The average Bonchev–Trinajstić information content (AvgIpc) is 2.82. The first kappa shape index (κ1) is 16.6. The van der Waals surface area contributed by atoms with E-state index in [1.807, 2.05) is 19.9 Å². The predicted octanol–water partition coefficient (Wildman–Crippen LogP) is 6.00. The first-order valence-electron chi connectivity index (χ1n) is 8.43. The largest absolute Gasteiger partial charge is 0.507 e. The van der Waals surface area contributed by atoms with Gasteiger partial charge in [0, 0.05) is 11.0 Å². The molecule has 1 nitrogen and oxygen atoms in total. The molecule has 0 saturated heterocycles. The third kappa shape index (κ3) is 2.06. The van der Waals surface area contributed by atoms with Crippen LogP contribution in [0.15, 0.2) is 42.5 Å². The highest BCUT2D eigenvalue weighted by Gasteiger charge is 2.48. The van der Waals surface area contributed by atoms with Crippen molar-refractivity contribution in [2.75, 3.05) is 0 Å². The van der Waals surface area contributed by atoms with Gasteiger partial charge < -0.3 is 5.11 Å². The molecule has 0 heterocycles. The maximum Gasteiger partial charge on any atom is 0.123 e. The van der Waals surface area contributed by atoms with Gasteiger partial charge in [-0.05, 0) is 34.6 Å². The third-order valence-electron chi connectivity index (χ3n) is 4.95. The number of benzene rings is 2. The lowest BCUT2D eigenvalue weighted by atomic mass is 9.63. The van der Waals surface area contributed by atoms with Crippen molar-refractivity contribution in [1.82, 2.24) is 0 Å². The first-order chi connectivity index (χ1) is 10.5. The van der Waals surface area contributed by atoms with E-state index in [1.165, 1.54) is 16.7 Å². The molecule has 1 heteroatoms. The van der Waals surface area contributed by atoms with E-state index in [9.17, 15) is 5.11 Å². The molecule has 1 N–H and O–H groups in total. The molecule has 0 saturated carbocycles. The SMILES string of the molecule is CC.CC(C)C1(C(C)C)c2ccccc2-c2c(O)cccc21. The lowest BCUT2D eigenvalue weighted by molar-refractivity contribution is 0.280. The minimum Gasteiger partial charge on any atom is -0.507 e. The minimum atomic E-state index is -0.00926. The van der Waals surface area contributed by atoms with Gasteiger partial charge in [0.2, 0.25) is 0 Å². The predicted molar refractivity (Wildman–Crippen MR) is 95.3 cm³/mol. The van der Waals surface area contributed by atoms with Crippen molar-refractivity contribution >= 4 is 0 Å². The van der Waals surface area contributed by atoms with E-state index in [0.29, 0.717) is 17.6 Å². The Kier molecular flexibility index (Phi) is 4.65. The van der Waals surface area contributed by atoms with Crippen molar-refractivity contribution in [1.29, 1.82) is 0 Å². The summed E-state index contributed by atoms with van der Waals surface area (Å²) in [5.74, 6) is 1.36. The lowest BCUT2D eigenvalue weighted by Crippen LogP contribution is -2.37. The number of aromatic hydroxyl groups is 1. The summed E-state index contributed by atoms with van der Waals surface area (Å²) in [5.41, 5.74) is 4.86. The molecule has 0 amide bonds. The standard InChI is InChI=1S/C19H22O.C2H6/c1-12(2)19(13(3)4)15-9-6-5-8-14(15)18-16(19)10-7-11-17(18)20;1-2/h5-13,20H,1-4H3;1-2H3. The van der Waals surface area contributed by atoms with Crippen LogP contribution in [0.5, 0.6) is 5.75 Å². The van der Waals surface area contributed by atoms with E-state index in [4.69, 9.17) is 0 Å². The lowest BCUT2D eigenvalue weighted by Gasteiger charge is -2.40. The summed E-state index contributed by atoms with van der Waals surface area (Å²) in [4.78, 5) is 0. The van der Waals surface area contributed by atoms with Gasteiger partial charge >= 0.3 is 0 Å². The molecule has 2 aromatic rings. The average molecular weight is 296 g/mol. The number of fused-ring (bicyclic) bond motifs is 3. The van der Waals surface area contributed by atoms with Crippen molar-refractivity contribution in [3.63, 3.8) is 0 Å². The minimum absolute atomic E-state index is 0.00926. The van der Waals surface area contributed by atoms with Crippen LogP contribution >= 0.6 is 0 Å². The zero-order valence-corrected chi connectivity index (χ0v) is 14.6. The molecule has 1 aliphatic carbocycles. The van der Waals surface area contributed by atoms with Crippen molar-refractivity contribution < 1.29 is 5.11 Å². The molecule has 118 valence electrons. The highest BCUT2D eigenvalue weighted by Crippen LogP contribution is 2.58. The summed E-state index contributed by atoms with van der Waals surface area (Å²) in [6.07, 6.45) is 0. The topological polar surface area (TPSA) is 20.2 Å². The quantitative estimate of drug-likeness (QED) is 0.721. The van der Waals surface area contributed by atoms with Gasteiger partial charge in [-0.1, -0.05) is 77.9 Å². The van der Waals surface area contributed by atoms with E-state index in [1.54, 1.807) is 6.07 Å². The number of hydrogen-bond acceptors (Lipinski definition) is 1. The van der Waals surface area contributed by atoms with Gasteiger partial charge in [0.15, 0.2) is 0 Å². The van der Waals surface area contributed by atoms with Crippen LogP contribution in [0.2, 0.25) is 0 Å². The molecule has 1 aliphatic rings. The monoisotopic (exact) mass is 296 g/mol. The number of phenols is 1. The van der Waals surface area contributed by atoms with Gasteiger partial charge in [-0.3, -0.25) is 0 Å². The third-order valence-corrected chi connectivity index (χ3v) is 4.95. The molecule has 2 aromatic carbocycles. The fraction of sp³-hybridized carbons (Fsp3) is 0.429. The second-order valence-corrected chi connectivity index (χ2v) is 6.42.